The first-order valence-electron chi connectivity index (χ1n) is 17.9. The third-order valence-corrected chi connectivity index (χ3v) is 10.0. The lowest BCUT2D eigenvalue weighted by atomic mass is 9.99. The number of para-hydroxylation sites is 3. The molecule has 4 nitrogen and oxygen atoms in total. The van der Waals surface area contributed by atoms with E-state index in [0.29, 0.717) is 0 Å². The van der Waals surface area contributed by atoms with Crippen LogP contribution in [-0.4, -0.2) is 4.98 Å². The maximum Gasteiger partial charge on any atom is 0.137 e. The number of aromatic nitrogens is 1. The number of hydrogen-bond donors (Lipinski definition) is 0. The molecule has 0 amide bonds. The lowest BCUT2D eigenvalue weighted by molar-refractivity contribution is 0.669. The van der Waals surface area contributed by atoms with E-state index >= 15 is 0 Å². The smallest absolute Gasteiger partial charge is 0.137 e. The van der Waals surface area contributed by atoms with E-state index in [2.05, 4.69) is 180 Å². The van der Waals surface area contributed by atoms with Crippen molar-refractivity contribution in [1.29, 1.82) is 0 Å². The van der Waals surface area contributed by atoms with E-state index in [-0.39, 0.29) is 0 Å². The fraction of sp³-hybridized carbons (Fsp3) is 0. The summed E-state index contributed by atoms with van der Waals surface area (Å²) < 4.78 is 6.21. The van der Waals surface area contributed by atoms with Crippen molar-refractivity contribution >= 4 is 77.7 Å². The molecule has 10 aromatic rings. The zero-order valence-corrected chi connectivity index (χ0v) is 28.8. The van der Waals surface area contributed by atoms with Crippen LogP contribution < -0.4 is 9.80 Å². The van der Waals surface area contributed by atoms with Crippen molar-refractivity contribution in [2.24, 2.45) is 0 Å². The number of fused-ring (bicyclic) bond motifs is 6. The summed E-state index contributed by atoms with van der Waals surface area (Å²) in [5.41, 5.74) is 9.29. The van der Waals surface area contributed by atoms with Crippen molar-refractivity contribution in [3.63, 3.8) is 0 Å². The van der Waals surface area contributed by atoms with Gasteiger partial charge in [-0.3, -0.25) is 4.90 Å². The standard InChI is InChI=1S/C49H33N3O/c1-4-13-34(14-5-1)37-25-28-49(50-33-37)52(39-17-8-3-9-18-39)41-20-12-19-40(31-41)51(38-15-6-2-7-16-38)42-26-27-43-35(29-42)23-24-36-30-48-46(32-45(36)43)44-21-10-11-22-47(44)53-48/h1-33H. The average Bonchev–Trinajstić information content (AvgIpc) is 3.59. The van der Waals surface area contributed by atoms with E-state index in [4.69, 9.17) is 9.40 Å². The number of hydrogen-bond acceptors (Lipinski definition) is 4. The molecule has 8 aromatic carbocycles. The van der Waals surface area contributed by atoms with Gasteiger partial charge in [-0.1, -0.05) is 109 Å². The first kappa shape index (κ1) is 30.6. The van der Waals surface area contributed by atoms with Gasteiger partial charge < -0.3 is 9.32 Å². The maximum atomic E-state index is 6.21. The third-order valence-electron chi connectivity index (χ3n) is 10.0. The highest BCUT2D eigenvalue weighted by molar-refractivity contribution is 6.16. The number of rotatable bonds is 7. The molecule has 0 atom stereocenters. The Kier molecular flexibility index (Phi) is 7.43. The van der Waals surface area contributed by atoms with E-state index in [1.54, 1.807) is 0 Å². The second-order valence-electron chi connectivity index (χ2n) is 13.3. The molecule has 0 saturated carbocycles. The van der Waals surface area contributed by atoms with Crippen molar-refractivity contribution in [2.75, 3.05) is 9.80 Å². The molecule has 4 heteroatoms. The van der Waals surface area contributed by atoms with Crippen LogP contribution in [0.5, 0.6) is 0 Å². The minimum absolute atomic E-state index is 0.844. The molecule has 10 rings (SSSR count). The fourth-order valence-corrected chi connectivity index (χ4v) is 7.52. The van der Waals surface area contributed by atoms with Crippen LogP contribution in [0.2, 0.25) is 0 Å². The molecule has 0 spiro atoms. The summed E-state index contributed by atoms with van der Waals surface area (Å²) in [5.74, 6) is 0.844. The highest BCUT2D eigenvalue weighted by atomic mass is 16.3. The molecule has 0 aliphatic heterocycles. The van der Waals surface area contributed by atoms with Crippen LogP contribution >= 0.6 is 0 Å². The summed E-state index contributed by atoms with van der Waals surface area (Å²) in [6.07, 6.45) is 1.96. The highest BCUT2D eigenvalue weighted by Crippen LogP contribution is 2.42. The van der Waals surface area contributed by atoms with Crippen molar-refractivity contribution in [1.82, 2.24) is 4.98 Å². The van der Waals surface area contributed by atoms with Crippen molar-refractivity contribution in [3.05, 3.63) is 200 Å². The second kappa shape index (κ2) is 12.9. The van der Waals surface area contributed by atoms with Gasteiger partial charge in [0.2, 0.25) is 0 Å². The molecule has 0 fully saturated rings. The van der Waals surface area contributed by atoms with Gasteiger partial charge in [-0.15, -0.1) is 0 Å². The molecule has 2 heterocycles. The normalized spacial score (nSPS) is 11.4. The Hall–Kier alpha value is -7.17. The van der Waals surface area contributed by atoms with Crippen LogP contribution in [0.3, 0.4) is 0 Å². The summed E-state index contributed by atoms with van der Waals surface area (Å²) in [5, 5.41) is 7.04. The van der Waals surface area contributed by atoms with E-state index < -0.39 is 0 Å². The number of anilines is 6. The predicted molar refractivity (Wildman–Crippen MR) is 221 cm³/mol. The Bertz CT molecular complexity index is 2890. The summed E-state index contributed by atoms with van der Waals surface area (Å²) in [4.78, 5) is 9.54. The van der Waals surface area contributed by atoms with E-state index in [1.165, 1.54) is 16.2 Å². The Morgan fingerprint density at radius 3 is 1.70 bits per heavy atom. The zero-order valence-electron chi connectivity index (χ0n) is 28.8. The highest BCUT2D eigenvalue weighted by Gasteiger charge is 2.19. The molecule has 0 aliphatic rings. The first-order valence-corrected chi connectivity index (χ1v) is 17.9. The fourth-order valence-electron chi connectivity index (χ4n) is 7.52. The van der Waals surface area contributed by atoms with E-state index in [9.17, 15) is 0 Å². The van der Waals surface area contributed by atoms with Gasteiger partial charge in [0.25, 0.3) is 0 Å². The zero-order chi connectivity index (χ0) is 35.1. The van der Waals surface area contributed by atoms with Crippen LogP contribution in [0.25, 0.3) is 54.6 Å². The second-order valence-corrected chi connectivity index (χ2v) is 13.3. The molecule has 0 aliphatic carbocycles. The Labute approximate surface area is 307 Å². The number of furan rings is 1. The third kappa shape index (κ3) is 5.54. The summed E-state index contributed by atoms with van der Waals surface area (Å²) in [6, 6.07) is 68.3. The average molecular weight is 680 g/mol. The van der Waals surface area contributed by atoms with Crippen molar-refractivity contribution in [3.8, 4) is 11.1 Å². The minimum atomic E-state index is 0.844. The van der Waals surface area contributed by atoms with Gasteiger partial charge in [-0.2, -0.15) is 0 Å². The molecular weight excluding hydrogens is 647 g/mol. The first-order chi connectivity index (χ1) is 26.3. The van der Waals surface area contributed by atoms with Gasteiger partial charge in [0.1, 0.15) is 17.0 Å². The molecule has 2 aromatic heterocycles. The molecule has 0 N–H and O–H groups in total. The lowest BCUT2D eigenvalue weighted by Crippen LogP contribution is -2.14. The molecule has 0 bridgehead atoms. The molecule has 0 saturated heterocycles. The van der Waals surface area contributed by atoms with Gasteiger partial charge in [-0.25, -0.2) is 4.98 Å². The van der Waals surface area contributed by atoms with E-state index in [0.717, 1.165) is 72.7 Å². The van der Waals surface area contributed by atoms with Gasteiger partial charge in [0.05, 0.1) is 0 Å². The Morgan fingerprint density at radius 1 is 0.340 bits per heavy atom. The van der Waals surface area contributed by atoms with Crippen molar-refractivity contribution in [2.45, 2.75) is 0 Å². The SMILES string of the molecule is c1ccc(-c2ccc(N(c3ccccc3)c3cccc(N(c4ccccc4)c4ccc5c(ccc6cc7oc8ccccc8c7cc65)c4)c3)nc2)cc1. The molecule has 0 radical (unpaired) electrons. The number of nitrogens with zero attached hydrogens (tertiary/aromatic N) is 3. The van der Waals surface area contributed by atoms with Crippen LogP contribution in [0, 0.1) is 0 Å². The Balaban J connectivity index is 1.09. The topological polar surface area (TPSA) is 32.5 Å². The van der Waals surface area contributed by atoms with Gasteiger partial charge in [0.15, 0.2) is 0 Å². The van der Waals surface area contributed by atoms with Gasteiger partial charge >= 0.3 is 0 Å². The predicted octanol–water partition coefficient (Wildman–Crippen LogP) is 13.9. The molecular formula is C49H33N3O. The van der Waals surface area contributed by atoms with Crippen LogP contribution in [0.1, 0.15) is 0 Å². The number of benzene rings is 8. The number of pyridine rings is 1. The molecule has 0 unspecified atom stereocenters. The molecule has 53 heavy (non-hydrogen) atoms. The van der Waals surface area contributed by atoms with Crippen LogP contribution in [-0.2, 0) is 0 Å². The van der Waals surface area contributed by atoms with E-state index in [1.807, 2.05) is 30.5 Å². The lowest BCUT2D eigenvalue weighted by Gasteiger charge is -2.29. The minimum Gasteiger partial charge on any atom is -0.456 e. The quantitative estimate of drug-likeness (QED) is 0.157. The van der Waals surface area contributed by atoms with Gasteiger partial charge in [-0.05, 0) is 112 Å². The summed E-state index contributed by atoms with van der Waals surface area (Å²) in [7, 11) is 0. The van der Waals surface area contributed by atoms with Crippen LogP contribution in [0.15, 0.2) is 205 Å². The molecule has 250 valence electrons. The Morgan fingerprint density at radius 2 is 0.962 bits per heavy atom. The summed E-state index contributed by atoms with van der Waals surface area (Å²) >= 11 is 0. The summed E-state index contributed by atoms with van der Waals surface area (Å²) in [6.45, 7) is 0. The van der Waals surface area contributed by atoms with Gasteiger partial charge in [0, 0.05) is 51.0 Å². The van der Waals surface area contributed by atoms with Crippen LogP contribution in [0.4, 0.5) is 34.3 Å². The monoisotopic (exact) mass is 679 g/mol. The largest absolute Gasteiger partial charge is 0.456 e. The maximum absolute atomic E-state index is 6.21. The van der Waals surface area contributed by atoms with Crippen molar-refractivity contribution < 1.29 is 4.42 Å².